The third-order valence-electron chi connectivity index (χ3n) is 1.53. The number of hydrogen-bond acceptors (Lipinski definition) is 5. The van der Waals surface area contributed by atoms with E-state index in [1.807, 2.05) is 6.92 Å². The van der Waals surface area contributed by atoms with Crippen LogP contribution in [-0.2, 0) is 14.3 Å². The minimum atomic E-state index is -1.26. The van der Waals surface area contributed by atoms with Crippen LogP contribution < -0.4 is 0 Å². The Hall–Kier alpha value is -1.44. The van der Waals surface area contributed by atoms with E-state index >= 15 is 0 Å². The predicted octanol–water partition coefficient (Wildman–Crippen LogP) is 2.41. The summed E-state index contributed by atoms with van der Waals surface area (Å²) in [6, 6.07) is 0. The SMILES string of the molecule is CC(C)(C)OC(C)(C)C.CCCC(O)O.O=C(O)/C=C\C(=O)O. The third-order valence-corrected chi connectivity index (χ3v) is 1.53. The first kappa shape index (κ1) is 26.5. The molecule has 0 radical (unpaired) electrons. The summed E-state index contributed by atoms with van der Waals surface area (Å²) < 4.78 is 5.62. The van der Waals surface area contributed by atoms with Crippen molar-refractivity contribution in [1.82, 2.24) is 0 Å². The van der Waals surface area contributed by atoms with Gasteiger partial charge in [0.2, 0.25) is 0 Å². The van der Waals surface area contributed by atoms with Gasteiger partial charge in [-0.05, 0) is 48.0 Å². The van der Waals surface area contributed by atoms with Gasteiger partial charge < -0.3 is 25.2 Å². The van der Waals surface area contributed by atoms with Crippen molar-refractivity contribution in [2.45, 2.75) is 78.8 Å². The molecule has 0 spiro atoms. The summed E-state index contributed by atoms with van der Waals surface area (Å²) in [5.41, 5.74) is -0.0312. The van der Waals surface area contributed by atoms with Crippen molar-refractivity contribution in [3.05, 3.63) is 12.2 Å². The molecule has 0 bridgehead atoms. The van der Waals surface area contributed by atoms with E-state index in [0.29, 0.717) is 18.6 Å². The number of hydrogen-bond donors (Lipinski definition) is 4. The molecule has 4 N–H and O–H groups in total. The Morgan fingerprint density at radius 1 is 0.913 bits per heavy atom. The van der Waals surface area contributed by atoms with Crippen molar-refractivity contribution in [3.8, 4) is 0 Å². The minimum Gasteiger partial charge on any atom is -0.478 e. The van der Waals surface area contributed by atoms with E-state index in [0.717, 1.165) is 6.42 Å². The summed E-state index contributed by atoms with van der Waals surface area (Å²) in [6.07, 6.45) is 1.33. The molecule has 138 valence electrons. The molecule has 0 rings (SSSR count). The van der Waals surface area contributed by atoms with Gasteiger partial charge in [-0.3, -0.25) is 0 Å². The fraction of sp³-hybridized carbons (Fsp3) is 0.750. The van der Waals surface area contributed by atoms with Gasteiger partial charge in [0.15, 0.2) is 6.29 Å². The number of rotatable bonds is 4. The lowest BCUT2D eigenvalue weighted by Gasteiger charge is -2.30. The van der Waals surface area contributed by atoms with E-state index in [2.05, 4.69) is 41.5 Å². The molecular weight excluding hydrogens is 304 g/mol. The highest BCUT2D eigenvalue weighted by atomic mass is 16.5. The molecule has 0 fully saturated rings. The third kappa shape index (κ3) is 44.9. The molecule has 0 aliphatic carbocycles. The second-order valence-corrected chi connectivity index (χ2v) is 6.61. The van der Waals surface area contributed by atoms with Crippen molar-refractivity contribution in [3.63, 3.8) is 0 Å². The van der Waals surface area contributed by atoms with Gasteiger partial charge in [-0.2, -0.15) is 0 Å². The predicted molar refractivity (Wildman–Crippen MR) is 88.1 cm³/mol. The maximum Gasteiger partial charge on any atom is 0.328 e. The molecule has 23 heavy (non-hydrogen) atoms. The topological polar surface area (TPSA) is 124 Å². The number of aliphatic hydroxyl groups is 2. The quantitative estimate of drug-likeness (QED) is 0.459. The van der Waals surface area contributed by atoms with Gasteiger partial charge in [-0.15, -0.1) is 0 Å². The molecule has 0 amide bonds. The number of aliphatic carboxylic acids is 2. The fourth-order valence-electron chi connectivity index (χ4n) is 1.32. The molecule has 7 nitrogen and oxygen atoms in total. The number of carboxylic acid groups (broad SMARTS) is 2. The molecule has 0 aliphatic rings. The Labute approximate surface area is 138 Å². The molecular formula is C16H32O7. The van der Waals surface area contributed by atoms with Crippen LogP contribution in [0.2, 0.25) is 0 Å². The summed E-state index contributed by atoms with van der Waals surface area (Å²) in [5, 5.41) is 31.8. The Morgan fingerprint density at radius 3 is 1.26 bits per heavy atom. The molecule has 7 heteroatoms. The first-order valence-electron chi connectivity index (χ1n) is 7.31. The molecule has 0 heterocycles. The van der Waals surface area contributed by atoms with Gasteiger partial charge in [0.05, 0.1) is 11.2 Å². The number of aliphatic hydroxyl groups excluding tert-OH is 1. The van der Waals surface area contributed by atoms with E-state index in [4.69, 9.17) is 25.2 Å². The summed E-state index contributed by atoms with van der Waals surface area (Å²) in [5.74, 6) is -2.51. The van der Waals surface area contributed by atoms with E-state index in [1.165, 1.54) is 0 Å². The Balaban J connectivity index is -0.000000266. The number of carboxylic acids is 2. The van der Waals surface area contributed by atoms with Gasteiger partial charge >= 0.3 is 11.9 Å². The summed E-state index contributed by atoms with van der Waals surface area (Å²) in [7, 11) is 0. The molecule has 0 atom stereocenters. The van der Waals surface area contributed by atoms with Crippen LogP contribution in [0, 0.1) is 0 Å². The van der Waals surface area contributed by atoms with Crippen molar-refractivity contribution in [2.24, 2.45) is 0 Å². The second kappa shape index (κ2) is 13.0. The van der Waals surface area contributed by atoms with Crippen molar-refractivity contribution >= 4 is 11.9 Å². The first-order valence-corrected chi connectivity index (χ1v) is 7.31. The largest absolute Gasteiger partial charge is 0.478 e. The van der Waals surface area contributed by atoms with Crippen molar-refractivity contribution < 1.29 is 34.8 Å². The maximum atomic E-state index is 9.55. The minimum absolute atomic E-state index is 0.0156. The average molecular weight is 336 g/mol. The Morgan fingerprint density at radius 2 is 1.22 bits per heavy atom. The molecule has 0 aromatic heterocycles. The molecule has 0 aromatic rings. The van der Waals surface area contributed by atoms with E-state index in [-0.39, 0.29) is 11.2 Å². The maximum absolute atomic E-state index is 9.55. The standard InChI is InChI=1S/C8H18O.C4H4O4.C4H10O2/c1-7(2,3)9-8(4,5)6;5-3(6)1-2-4(7)8;1-2-3-4(5)6/h1-6H3;1-2H,(H,5,6)(H,7,8);4-6H,2-3H2,1H3/b;2-1-;. The van der Waals surface area contributed by atoms with Crippen LogP contribution in [0.15, 0.2) is 12.2 Å². The monoisotopic (exact) mass is 336 g/mol. The van der Waals surface area contributed by atoms with Crippen LogP contribution in [0.5, 0.6) is 0 Å². The van der Waals surface area contributed by atoms with Crippen LogP contribution >= 0.6 is 0 Å². The zero-order chi connectivity index (χ0) is 19.3. The van der Waals surface area contributed by atoms with Crippen LogP contribution in [0.25, 0.3) is 0 Å². The van der Waals surface area contributed by atoms with Gasteiger partial charge in [-0.1, -0.05) is 13.3 Å². The lowest BCUT2D eigenvalue weighted by molar-refractivity contribution is -0.134. The van der Waals surface area contributed by atoms with E-state index < -0.39 is 18.2 Å². The van der Waals surface area contributed by atoms with Gasteiger partial charge in [0, 0.05) is 12.2 Å². The fourth-order valence-corrected chi connectivity index (χ4v) is 1.32. The van der Waals surface area contributed by atoms with Crippen LogP contribution in [0.3, 0.4) is 0 Å². The van der Waals surface area contributed by atoms with Gasteiger partial charge in [-0.25, -0.2) is 9.59 Å². The van der Waals surface area contributed by atoms with Crippen LogP contribution in [0.1, 0.15) is 61.3 Å². The van der Waals surface area contributed by atoms with Crippen molar-refractivity contribution in [2.75, 3.05) is 0 Å². The molecule has 0 aromatic carbocycles. The molecule has 0 unspecified atom stereocenters. The van der Waals surface area contributed by atoms with Gasteiger partial charge in [0.1, 0.15) is 0 Å². The normalized spacial score (nSPS) is 11.4. The molecule has 0 aliphatic heterocycles. The highest BCUT2D eigenvalue weighted by Crippen LogP contribution is 2.17. The second-order valence-electron chi connectivity index (χ2n) is 6.61. The lowest BCUT2D eigenvalue weighted by Crippen LogP contribution is -2.31. The van der Waals surface area contributed by atoms with E-state index in [1.54, 1.807) is 0 Å². The van der Waals surface area contributed by atoms with Gasteiger partial charge in [0.25, 0.3) is 0 Å². The summed E-state index contributed by atoms with van der Waals surface area (Å²) in [6.45, 7) is 14.3. The smallest absolute Gasteiger partial charge is 0.328 e. The highest BCUT2D eigenvalue weighted by Gasteiger charge is 2.19. The number of carbonyl (C=O) groups is 2. The average Bonchev–Trinajstić information content (AvgIpc) is 2.22. The summed E-state index contributed by atoms with van der Waals surface area (Å²) >= 11 is 0. The summed E-state index contributed by atoms with van der Waals surface area (Å²) in [4.78, 5) is 19.1. The van der Waals surface area contributed by atoms with Crippen molar-refractivity contribution in [1.29, 1.82) is 0 Å². The molecule has 0 saturated heterocycles. The van der Waals surface area contributed by atoms with Crippen LogP contribution in [-0.4, -0.2) is 49.9 Å². The zero-order valence-corrected chi connectivity index (χ0v) is 15.2. The lowest BCUT2D eigenvalue weighted by atomic mass is 10.1. The zero-order valence-electron chi connectivity index (χ0n) is 15.2. The molecule has 0 saturated carbocycles. The number of ether oxygens (including phenoxy) is 1. The first-order chi connectivity index (χ1) is 10.1. The highest BCUT2D eigenvalue weighted by molar-refractivity contribution is 5.89. The van der Waals surface area contributed by atoms with Crippen LogP contribution in [0.4, 0.5) is 0 Å². The Kier molecular flexibility index (Phi) is 15.0. The Bertz CT molecular complexity index is 318. The van der Waals surface area contributed by atoms with E-state index in [9.17, 15) is 9.59 Å².